The topological polar surface area (TPSA) is 87.0 Å². The monoisotopic (exact) mass is 242 g/mol. The molecule has 0 bridgehead atoms. The van der Waals surface area contributed by atoms with Gasteiger partial charge in [-0.1, -0.05) is 0 Å². The average molecular weight is 242 g/mol. The first-order chi connectivity index (χ1) is 7.20. The Kier molecular flexibility index (Phi) is 3.13. The highest BCUT2D eigenvalue weighted by Gasteiger charge is 2.21. The van der Waals surface area contributed by atoms with E-state index < -0.39 is 25.8 Å². The van der Waals surface area contributed by atoms with E-state index in [9.17, 15) is 15.0 Å². The van der Waals surface area contributed by atoms with Crippen molar-refractivity contribution in [3.05, 3.63) is 17.7 Å². The van der Waals surface area contributed by atoms with E-state index in [0.29, 0.717) is 0 Å². The third-order valence-corrected chi connectivity index (χ3v) is 2.55. The first-order valence-corrected chi connectivity index (χ1v) is 8.10. The fourth-order valence-electron chi connectivity index (χ4n) is 1.12. The molecule has 88 valence electrons. The Labute approximate surface area is 94.1 Å². The summed E-state index contributed by atoms with van der Waals surface area (Å²) < 4.78 is 5.47. The number of phenolic OH excluding ortho intramolecular Hbond substituents is 2. The molecule has 5 nitrogen and oxygen atoms in total. The Morgan fingerprint density at radius 3 is 2.25 bits per heavy atom. The number of hydrogen-bond donors (Lipinski definition) is 3. The molecule has 0 saturated heterocycles. The minimum absolute atomic E-state index is 0.0107. The fraction of sp³-hybridized carbons (Fsp3) is 0.300. The summed E-state index contributed by atoms with van der Waals surface area (Å²) in [6.07, 6.45) is 0. The lowest BCUT2D eigenvalue weighted by Gasteiger charge is -2.20. The van der Waals surface area contributed by atoms with E-state index in [0.717, 1.165) is 6.07 Å². The van der Waals surface area contributed by atoms with E-state index in [1.54, 1.807) is 0 Å². The zero-order valence-corrected chi connectivity index (χ0v) is 10.3. The van der Waals surface area contributed by atoms with Gasteiger partial charge in [-0.25, -0.2) is 4.79 Å². The molecule has 1 aromatic carbocycles. The van der Waals surface area contributed by atoms with Crippen LogP contribution in [0.2, 0.25) is 19.6 Å². The molecule has 0 atom stereocenters. The van der Waals surface area contributed by atoms with Crippen LogP contribution >= 0.6 is 0 Å². The molecule has 0 radical (unpaired) electrons. The fourth-order valence-corrected chi connectivity index (χ4v) is 1.94. The Hall–Kier alpha value is -1.69. The van der Waals surface area contributed by atoms with E-state index in [2.05, 4.69) is 0 Å². The van der Waals surface area contributed by atoms with E-state index in [1.807, 2.05) is 19.6 Å². The van der Waals surface area contributed by atoms with Crippen molar-refractivity contribution >= 4 is 14.3 Å². The number of benzene rings is 1. The predicted octanol–water partition coefficient (Wildman–Crippen LogP) is 2.01. The van der Waals surface area contributed by atoms with Gasteiger partial charge in [-0.3, -0.25) is 0 Å². The van der Waals surface area contributed by atoms with Crippen LogP contribution in [0.5, 0.6) is 17.2 Å². The van der Waals surface area contributed by atoms with Crippen LogP contribution in [-0.2, 0) is 0 Å². The summed E-state index contributed by atoms with van der Waals surface area (Å²) >= 11 is 0. The molecule has 16 heavy (non-hydrogen) atoms. The highest BCUT2D eigenvalue weighted by molar-refractivity contribution is 6.70. The first kappa shape index (κ1) is 12.4. The Morgan fingerprint density at radius 1 is 1.25 bits per heavy atom. The van der Waals surface area contributed by atoms with Crippen LogP contribution in [0, 0.1) is 0 Å². The summed E-state index contributed by atoms with van der Waals surface area (Å²) in [6, 6.07) is 2.18. The van der Waals surface area contributed by atoms with Crippen LogP contribution in [-0.4, -0.2) is 29.6 Å². The number of rotatable bonds is 3. The molecule has 0 aliphatic carbocycles. The molecule has 0 saturated carbocycles. The number of carbonyl (C=O) groups is 1. The van der Waals surface area contributed by atoms with Gasteiger partial charge in [-0.05, 0) is 31.8 Å². The zero-order valence-electron chi connectivity index (χ0n) is 9.31. The van der Waals surface area contributed by atoms with Gasteiger partial charge < -0.3 is 19.7 Å². The largest absolute Gasteiger partial charge is 0.542 e. The molecule has 0 aliphatic heterocycles. The van der Waals surface area contributed by atoms with Crippen LogP contribution in [0.25, 0.3) is 0 Å². The number of phenols is 2. The third kappa shape index (κ3) is 2.90. The van der Waals surface area contributed by atoms with Crippen molar-refractivity contribution in [2.75, 3.05) is 0 Å². The number of carboxylic acid groups (broad SMARTS) is 1. The van der Waals surface area contributed by atoms with Gasteiger partial charge >= 0.3 is 5.97 Å². The molecule has 3 N–H and O–H groups in total. The van der Waals surface area contributed by atoms with Crippen molar-refractivity contribution in [2.45, 2.75) is 19.6 Å². The molecular formula is C10H14O5Si. The average Bonchev–Trinajstić information content (AvgIpc) is 2.10. The summed E-state index contributed by atoms with van der Waals surface area (Å²) in [5, 5.41) is 27.7. The van der Waals surface area contributed by atoms with Gasteiger partial charge in [0.1, 0.15) is 0 Å². The molecule has 0 amide bonds. The Balaban J connectivity index is 3.22. The maximum atomic E-state index is 10.7. The van der Waals surface area contributed by atoms with Crippen molar-refractivity contribution in [3.8, 4) is 17.2 Å². The van der Waals surface area contributed by atoms with E-state index >= 15 is 0 Å². The van der Waals surface area contributed by atoms with Gasteiger partial charge in [0.15, 0.2) is 17.2 Å². The highest BCUT2D eigenvalue weighted by atomic mass is 28.4. The summed E-state index contributed by atoms with van der Waals surface area (Å²) in [5.41, 5.74) is -0.122. The predicted molar refractivity (Wildman–Crippen MR) is 60.7 cm³/mol. The van der Waals surface area contributed by atoms with Crippen molar-refractivity contribution in [2.24, 2.45) is 0 Å². The lowest BCUT2D eigenvalue weighted by atomic mass is 10.2. The van der Waals surface area contributed by atoms with Crippen molar-refractivity contribution in [3.63, 3.8) is 0 Å². The minimum Gasteiger partial charge on any atom is -0.542 e. The molecular weight excluding hydrogens is 228 g/mol. The number of aromatic hydroxyl groups is 2. The lowest BCUT2D eigenvalue weighted by Crippen LogP contribution is -2.29. The second-order valence-corrected chi connectivity index (χ2v) is 8.79. The van der Waals surface area contributed by atoms with Crippen LogP contribution < -0.4 is 4.43 Å². The summed E-state index contributed by atoms with van der Waals surface area (Å²) in [4.78, 5) is 10.7. The molecule has 0 fully saturated rings. The van der Waals surface area contributed by atoms with E-state index in [1.165, 1.54) is 6.07 Å². The second kappa shape index (κ2) is 4.05. The van der Waals surface area contributed by atoms with Crippen molar-refractivity contribution in [1.82, 2.24) is 0 Å². The molecule has 0 unspecified atom stereocenters. The smallest absolute Gasteiger partial charge is 0.335 e. The number of hydrogen-bond acceptors (Lipinski definition) is 4. The van der Waals surface area contributed by atoms with Crippen molar-refractivity contribution < 1.29 is 24.5 Å². The molecule has 1 rings (SSSR count). The molecule has 0 aliphatic rings. The maximum absolute atomic E-state index is 10.7. The Bertz CT molecular complexity index is 422. The molecule has 1 aromatic rings. The van der Waals surface area contributed by atoms with E-state index in [4.69, 9.17) is 9.53 Å². The summed E-state index contributed by atoms with van der Waals surface area (Å²) in [7, 11) is -1.97. The number of aromatic carboxylic acids is 1. The van der Waals surface area contributed by atoms with Gasteiger partial charge in [-0.2, -0.15) is 0 Å². The molecule has 0 aromatic heterocycles. The van der Waals surface area contributed by atoms with Gasteiger partial charge in [-0.15, -0.1) is 0 Å². The maximum Gasteiger partial charge on any atom is 0.335 e. The molecule has 6 heteroatoms. The second-order valence-electron chi connectivity index (χ2n) is 4.36. The standard InChI is InChI=1S/C10H14O5Si/c1-16(2,3)15-8-5-6(10(13)14)4-7(11)9(8)12/h4-5,11-12H,1-3H3,(H,13,14). The number of carboxylic acids is 1. The zero-order chi connectivity index (χ0) is 12.5. The van der Waals surface area contributed by atoms with Gasteiger partial charge in [0, 0.05) is 0 Å². The molecule has 0 spiro atoms. The van der Waals surface area contributed by atoms with Crippen LogP contribution in [0.1, 0.15) is 10.4 Å². The van der Waals surface area contributed by atoms with Crippen molar-refractivity contribution in [1.29, 1.82) is 0 Å². The lowest BCUT2D eigenvalue weighted by molar-refractivity contribution is 0.0696. The Morgan fingerprint density at radius 2 is 1.81 bits per heavy atom. The summed E-state index contributed by atoms with van der Waals surface area (Å²) in [5.74, 6) is -2.09. The quantitative estimate of drug-likeness (QED) is 0.557. The molecule has 0 heterocycles. The first-order valence-electron chi connectivity index (χ1n) is 4.69. The summed E-state index contributed by atoms with van der Waals surface area (Å²) in [6.45, 7) is 5.66. The van der Waals surface area contributed by atoms with Gasteiger partial charge in [0.2, 0.25) is 8.32 Å². The minimum atomic E-state index is -1.97. The van der Waals surface area contributed by atoms with Gasteiger partial charge in [0.05, 0.1) is 5.56 Å². The normalized spacial score (nSPS) is 11.2. The van der Waals surface area contributed by atoms with Crippen LogP contribution in [0.15, 0.2) is 12.1 Å². The highest BCUT2D eigenvalue weighted by Crippen LogP contribution is 2.37. The van der Waals surface area contributed by atoms with Crippen LogP contribution in [0.4, 0.5) is 0 Å². The third-order valence-electron chi connectivity index (χ3n) is 1.72. The van der Waals surface area contributed by atoms with Crippen LogP contribution in [0.3, 0.4) is 0 Å². The SMILES string of the molecule is C[Si](C)(C)Oc1cc(C(=O)O)cc(O)c1O. The van der Waals surface area contributed by atoms with Gasteiger partial charge in [0.25, 0.3) is 0 Å². The van der Waals surface area contributed by atoms with E-state index in [-0.39, 0.29) is 11.3 Å².